The van der Waals surface area contributed by atoms with Crippen LogP contribution in [0.25, 0.3) is 0 Å². The number of aliphatic carboxylic acids is 1. The van der Waals surface area contributed by atoms with Gasteiger partial charge in [0.25, 0.3) is 0 Å². The first-order chi connectivity index (χ1) is 12.0. The summed E-state index contributed by atoms with van der Waals surface area (Å²) in [5.74, 6) is -0.767. The largest absolute Gasteiger partial charge is 0.481 e. The average Bonchev–Trinajstić information content (AvgIpc) is 2.60. The number of carbonyl (C=O) groups is 2. The van der Waals surface area contributed by atoms with E-state index in [1.54, 1.807) is 0 Å². The Hall–Kier alpha value is -2.08. The highest BCUT2D eigenvalue weighted by Gasteiger charge is 2.23. The summed E-state index contributed by atoms with van der Waals surface area (Å²) in [5, 5.41) is 24.6. The SMILES string of the molecule is O=C(O)CCC(Cc1ccccc1)NC(=O)NC[C@@H]1CCCC[C@H]1O. The monoisotopic (exact) mass is 348 g/mol. The first kappa shape index (κ1) is 19.2. The van der Waals surface area contributed by atoms with Crippen LogP contribution in [0.3, 0.4) is 0 Å². The summed E-state index contributed by atoms with van der Waals surface area (Å²) >= 11 is 0. The third-order valence-corrected chi connectivity index (χ3v) is 4.76. The van der Waals surface area contributed by atoms with E-state index in [9.17, 15) is 14.7 Å². The Labute approximate surface area is 148 Å². The Bertz CT molecular complexity index is 550. The average molecular weight is 348 g/mol. The molecule has 2 rings (SSSR count). The van der Waals surface area contributed by atoms with Crippen molar-refractivity contribution in [3.8, 4) is 0 Å². The molecule has 6 heteroatoms. The molecule has 4 N–H and O–H groups in total. The second-order valence-electron chi connectivity index (χ2n) is 6.79. The Kier molecular flexibility index (Phi) is 7.73. The molecule has 1 fully saturated rings. The molecule has 0 aromatic heterocycles. The number of aliphatic hydroxyl groups excluding tert-OH is 1. The van der Waals surface area contributed by atoms with Crippen molar-refractivity contribution in [1.82, 2.24) is 10.6 Å². The molecule has 6 nitrogen and oxygen atoms in total. The second-order valence-corrected chi connectivity index (χ2v) is 6.79. The third kappa shape index (κ3) is 7.13. The van der Waals surface area contributed by atoms with Gasteiger partial charge in [-0.3, -0.25) is 4.79 Å². The fourth-order valence-corrected chi connectivity index (χ4v) is 3.31. The van der Waals surface area contributed by atoms with Crippen molar-refractivity contribution in [2.45, 2.75) is 57.1 Å². The van der Waals surface area contributed by atoms with Gasteiger partial charge in [0.05, 0.1) is 6.10 Å². The van der Waals surface area contributed by atoms with Crippen LogP contribution in [0.5, 0.6) is 0 Å². The number of carbonyl (C=O) groups excluding carboxylic acids is 1. The number of nitrogens with one attached hydrogen (secondary N) is 2. The fraction of sp³-hybridized carbons (Fsp3) is 0.579. The minimum atomic E-state index is -0.870. The molecule has 1 aromatic carbocycles. The van der Waals surface area contributed by atoms with Gasteiger partial charge in [-0.15, -0.1) is 0 Å². The first-order valence-electron chi connectivity index (χ1n) is 9.02. The van der Waals surface area contributed by atoms with Crippen molar-refractivity contribution in [1.29, 1.82) is 0 Å². The first-order valence-corrected chi connectivity index (χ1v) is 9.02. The predicted octanol–water partition coefficient (Wildman–Crippen LogP) is 2.31. The zero-order chi connectivity index (χ0) is 18.1. The van der Waals surface area contributed by atoms with Crippen molar-refractivity contribution in [2.24, 2.45) is 5.92 Å². The van der Waals surface area contributed by atoms with E-state index >= 15 is 0 Å². The Morgan fingerprint density at radius 2 is 1.88 bits per heavy atom. The van der Waals surface area contributed by atoms with Gasteiger partial charge in [-0.1, -0.05) is 43.2 Å². The van der Waals surface area contributed by atoms with Crippen LogP contribution >= 0.6 is 0 Å². The molecule has 0 bridgehead atoms. The maximum absolute atomic E-state index is 12.2. The van der Waals surface area contributed by atoms with Gasteiger partial charge in [-0.05, 0) is 31.2 Å². The Morgan fingerprint density at radius 1 is 1.16 bits per heavy atom. The molecule has 1 aliphatic rings. The summed E-state index contributed by atoms with van der Waals surface area (Å²) in [5.41, 5.74) is 1.06. The molecule has 1 aromatic rings. The molecule has 25 heavy (non-hydrogen) atoms. The number of amides is 2. The van der Waals surface area contributed by atoms with Gasteiger partial charge in [0, 0.05) is 24.9 Å². The van der Waals surface area contributed by atoms with Gasteiger partial charge in [-0.2, -0.15) is 0 Å². The highest BCUT2D eigenvalue weighted by atomic mass is 16.4. The van der Waals surface area contributed by atoms with Crippen molar-refractivity contribution < 1.29 is 19.8 Å². The molecule has 3 atom stereocenters. The zero-order valence-electron chi connectivity index (χ0n) is 14.5. The van der Waals surface area contributed by atoms with Crippen LogP contribution in [0.4, 0.5) is 4.79 Å². The van der Waals surface area contributed by atoms with Gasteiger partial charge in [0.1, 0.15) is 0 Å². The van der Waals surface area contributed by atoms with Gasteiger partial charge in [0.15, 0.2) is 0 Å². The summed E-state index contributed by atoms with van der Waals surface area (Å²) in [6.45, 7) is 0.448. The number of urea groups is 1. The number of carboxylic acid groups (broad SMARTS) is 1. The zero-order valence-corrected chi connectivity index (χ0v) is 14.5. The van der Waals surface area contributed by atoms with E-state index in [2.05, 4.69) is 10.6 Å². The van der Waals surface area contributed by atoms with Gasteiger partial charge < -0.3 is 20.8 Å². The highest BCUT2D eigenvalue weighted by molar-refractivity contribution is 5.74. The van der Waals surface area contributed by atoms with Crippen molar-refractivity contribution in [2.75, 3.05) is 6.54 Å². The van der Waals surface area contributed by atoms with Crippen LogP contribution in [0.15, 0.2) is 30.3 Å². The summed E-state index contributed by atoms with van der Waals surface area (Å²) < 4.78 is 0. The minimum absolute atomic E-state index is 0.0130. The summed E-state index contributed by atoms with van der Waals surface area (Å²) in [7, 11) is 0. The normalized spacial score (nSPS) is 21.3. The molecule has 0 radical (unpaired) electrons. The summed E-state index contributed by atoms with van der Waals surface area (Å²) in [4.78, 5) is 23.0. The quantitative estimate of drug-likeness (QED) is 0.579. The molecule has 1 unspecified atom stereocenters. The third-order valence-electron chi connectivity index (χ3n) is 4.76. The van der Waals surface area contributed by atoms with E-state index in [1.807, 2.05) is 30.3 Å². The lowest BCUT2D eigenvalue weighted by Crippen LogP contribution is -2.46. The van der Waals surface area contributed by atoms with E-state index in [1.165, 1.54) is 0 Å². The standard InChI is InChI=1S/C19H28N2O4/c22-17-9-5-4-8-15(17)13-20-19(25)21-16(10-11-18(23)24)12-14-6-2-1-3-7-14/h1-3,6-7,15-17,22H,4-5,8-13H2,(H,23,24)(H2,20,21,25)/t15-,16?,17+/m0/s1. The lowest BCUT2D eigenvalue weighted by atomic mass is 9.86. The van der Waals surface area contributed by atoms with Crippen molar-refractivity contribution >= 4 is 12.0 Å². The maximum atomic E-state index is 12.2. The number of hydrogen-bond acceptors (Lipinski definition) is 3. The fourth-order valence-electron chi connectivity index (χ4n) is 3.31. The molecule has 1 saturated carbocycles. The van der Waals surface area contributed by atoms with Crippen molar-refractivity contribution in [3.63, 3.8) is 0 Å². The van der Waals surface area contributed by atoms with Crippen molar-refractivity contribution in [3.05, 3.63) is 35.9 Å². The lowest BCUT2D eigenvalue weighted by molar-refractivity contribution is -0.137. The lowest BCUT2D eigenvalue weighted by Gasteiger charge is -2.28. The summed E-state index contributed by atoms with van der Waals surface area (Å²) in [6.07, 6.45) is 4.48. The maximum Gasteiger partial charge on any atom is 0.315 e. The number of benzene rings is 1. The number of aliphatic hydroxyl groups is 1. The topological polar surface area (TPSA) is 98.7 Å². The minimum Gasteiger partial charge on any atom is -0.481 e. The molecule has 0 heterocycles. The van der Waals surface area contributed by atoms with Crippen LogP contribution in [0, 0.1) is 5.92 Å². The molecule has 0 saturated heterocycles. The molecule has 2 amide bonds. The van der Waals surface area contributed by atoms with E-state index in [4.69, 9.17) is 5.11 Å². The summed E-state index contributed by atoms with van der Waals surface area (Å²) in [6, 6.07) is 9.16. The number of carboxylic acids is 1. The van der Waals surface area contributed by atoms with E-state index in [-0.39, 0.29) is 30.5 Å². The van der Waals surface area contributed by atoms with Gasteiger partial charge in [-0.25, -0.2) is 4.79 Å². The predicted molar refractivity (Wildman–Crippen MR) is 95.3 cm³/mol. The van der Waals surface area contributed by atoms with Crippen LogP contribution in [-0.4, -0.2) is 40.9 Å². The van der Waals surface area contributed by atoms with Crippen LogP contribution in [0.1, 0.15) is 44.1 Å². The Morgan fingerprint density at radius 3 is 2.56 bits per heavy atom. The smallest absolute Gasteiger partial charge is 0.315 e. The van der Waals surface area contributed by atoms with Crippen LogP contribution in [-0.2, 0) is 11.2 Å². The molecule has 0 spiro atoms. The van der Waals surface area contributed by atoms with E-state index in [0.717, 1.165) is 31.2 Å². The van der Waals surface area contributed by atoms with E-state index < -0.39 is 5.97 Å². The number of hydrogen-bond donors (Lipinski definition) is 4. The second kappa shape index (κ2) is 10.0. The van der Waals surface area contributed by atoms with Gasteiger partial charge >= 0.3 is 12.0 Å². The van der Waals surface area contributed by atoms with Crippen LogP contribution in [0.2, 0.25) is 0 Å². The molecule has 0 aliphatic heterocycles. The van der Waals surface area contributed by atoms with Gasteiger partial charge in [0.2, 0.25) is 0 Å². The molecule has 1 aliphatic carbocycles. The molecule has 138 valence electrons. The highest BCUT2D eigenvalue weighted by Crippen LogP contribution is 2.23. The molecular formula is C19H28N2O4. The van der Waals surface area contributed by atoms with E-state index in [0.29, 0.717) is 19.4 Å². The number of rotatable bonds is 8. The Balaban J connectivity index is 1.83. The molecular weight excluding hydrogens is 320 g/mol. The van der Waals surface area contributed by atoms with Crippen LogP contribution < -0.4 is 10.6 Å².